The predicted octanol–water partition coefficient (Wildman–Crippen LogP) is 4.94. The second-order valence-corrected chi connectivity index (χ2v) is 13.8. The number of benzene rings is 1. The summed E-state index contributed by atoms with van der Waals surface area (Å²) in [6, 6.07) is 10.5. The highest BCUT2D eigenvalue weighted by Gasteiger charge is 2.40. The molecule has 1 N–H and O–H groups in total. The number of anilines is 1. The number of aryl methyl sites for hydroxylation is 1. The Morgan fingerprint density at radius 1 is 1.20 bits per heavy atom. The van der Waals surface area contributed by atoms with Gasteiger partial charge in [-0.25, -0.2) is 13.4 Å². The highest BCUT2D eigenvalue weighted by atomic mass is 32.2. The summed E-state index contributed by atoms with van der Waals surface area (Å²) in [6.45, 7) is 8.69. The van der Waals surface area contributed by atoms with Crippen LogP contribution in [0.1, 0.15) is 44.9 Å². The minimum Gasteiger partial charge on any atom is -0.309 e. The smallest absolute Gasteiger partial charge is 0.253 e. The summed E-state index contributed by atoms with van der Waals surface area (Å²) in [5.41, 5.74) is 2.84. The summed E-state index contributed by atoms with van der Waals surface area (Å²) in [5, 5.41) is 9.85. The van der Waals surface area contributed by atoms with Crippen molar-refractivity contribution in [2.75, 3.05) is 11.9 Å². The van der Waals surface area contributed by atoms with Crippen LogP contribution < -0.4 is 5.32 Å². The van der Waals surface area contributed by atoms with E-state index in [9.17, 15) is 13.2 Å². The molecule has 1 aromatic carbocycles. The molecule has 1 atom stereocenters. The monoisotopic (exact) mass is 529 g/mol. The first kappa shape index (κ1) is 24.1. The van der Waals surface area contributed by atoms with Gasteiger partial charge in [-0.15, -0.1) is 11.3 Å². The molecular formula is C24H27N5O3S3. The third-order valence-electron chi connectivity index (χ3n) is 6.07. The molecule has 4 heterocycles. The number of aromatic nitrogens is 3. The Hall–Kier alpha value is -2.60. The fraction of sp³-hybridized carbons (Fsp3) is 0.375. The molecule has 1 aliphatic rings. The zero-order valence-electron chi connectivity index (χ0n) is 20.0. The first-order valence-corrected chi connectivity index (χ1v) is 14.5. The SMILES string of the molecule is Cc1cc(NC(=O)C2CCCN2S(=O)(=O)c2cccs2)n(-c2nc3ccc(C(C)(C)C)cc3s2)n1. The van der Waals surface area contributed by atoms with E-state index in [1.54, 1.807) is 28.3 Å². The van der Waals surface area contributed by atoms with Crippen molar-refractivity contribution in [3.63, 3.8) is 0 Å². The van der Waals surface area contributed by atoms with Crippen molar-refractivity contribution in [3.8, 4) is 5.13 Å². The Kier molecular flexibility index (Phi) is 6.07. The van der Waals surface area contributed by atoms with E-state index in [1.807, 2.05) is 13.0 Å². The highest BCUT2D eigenvalue weighted by molar-refractivity contribution is 7.91. The Morgan fingerprint density at radius 3 is 2.71 bits per heavy atom. The molecule has 0 radical (unpaired) electrons. The van der Waals surface area contributed by atoms with Gasteiger partial charge in [-0.3, -0.25) is 4.79 Å². The van der Waals surface area contributed by atoms with Gasteiger partial charge in [0.25, 0.3) is 10.0 Å². The van der Waals surface area contributed by atoms with Crippen LogP contribution in [-0.4, -0.2) is 46.0 Å². The molecule has 184 valence electrons. The molecule has 0 aliphatic carbocycles. The van der Waals surface area contributed by atoms with Crippen LogP contribution >= 0.6 is 22.7 Å². The van der Waals surface area contributed by atoms with Crippen molar-refractivity contribution in [2.45, 2.75) is 56.2 Å². The molecule has 11 heteroatoms. The second kappa shape index (κ2) is 8.81. The number of carbonyl (C=O) groups is 1. The number of rotatable bonds is 5. The third kappa shape index (κ3) is 4.53. The summed E-state index contributed by atoms with van der Waals surface area (Å²) >= 11 is 2.66. The molecule has 0 spiro atoms. The molecule has 1 unspecified atom stereocenters. The number of carbonyl (C=O) groups excluding carboxylic acids is 1. The lowest BCUT2D eigenvalue weighted by atomic mass is 9.87. The Labute approximate surface area is 212 Å². The zero-order valence-corrected chi connectivity index (χ0v) is 22.4. The highest BCUT2D eigenvalue weighted by Crippen LogP contribution is 2.33. The van der Waals surface area contributed by atoms with Crippen molar-refractivity contribution in [2.24, 2.45) is 0 Å². The molecule has 1 saturated heterocycles. The van der Waals surface area contributed by atoms with Gasteiger partial charge in [0, 0.05) is 12.6 Å². The second-order valence-electron chi connectivity index (χ2n) is 9.71. The van der Waals surface area contributed by atoms with E-state index in [0.717, 1.165) is 27.2 Å². The van der Waals surface area contributed by atoms with Crippen LogP contribution in [0.4, 0.5) is 5.82 Å². The van der Waals surface area contributed by atoms with Gasteiger partial charge >= 0.3 is 0 Å². The minimum atomic E-state index is -3.71. The average Bonchev–Trinajstić information content (AvgIpc) is 3.58. The topological polar surface area (TPSA) is 97.2 Å². The number of nitrogens with zero attached hydrogens (tertiary/aromatic N) is 4. The Balaban J connectivity index is 1.43. The van der Waals surface area contributed by atoms with Gasteiger partial charge < -0.3 is 5.32 Å². The van der Waals surface area contributed by atoms with E-state index in [0.29, 0.717) is 30.3 Å². The molecule has 8 nitrogen and oxygen atoms in total. The molecule has 1 aliphatic heterocycles. The number of thiophene rings is 1. The molecular weight excluding hydrogens is 502 g/mol. The van der Waals surface area contributed by atoms with Gasteiger partial charge in [-0.1, -0.05) is 44.2 Å². The zero-order chi connectivity index (χ0) is 25.0. The normalized spacial score (nSPS) is 17.3. The van der Waals surface area contributed by atoms with Crippen LogP contribution in [0.2, 0.25) is 0 Å². The van der Waals surface area contributed by atoms with E-state index >= 15 is 0 Å². The van der Waals surface area contributed by atoms with Crippen molar-refractivity contribution in [1.82, 2.24) is 19.1 Å². The van der Waals surface area contributed by atoms with E-state index in [2.05, 4.69) is 43.3 Å². The number of hydrogen-bond acceptors (Lipinski definition) is 7. The van der Waals surface area contributed by atoms with Gasteiger partial charge in [-0.05, 0) is 54.3 Å². The van der Waals surface area contributed by atoms with Gasteiger partial charge in [0.2, 0.25) is 11.0 Å². The van der Waals surface area contributed by atoms with Crippen molar-refractivity contribution in [1.29, 1.82) is 0 Å². The summed E-state index contributed by atoms with van der Waals surface area (Å²) < 4.78 is 30.4. The maximum atomic E-state index is 13.3. The van der Waals surface area contributed by atoms with Crippen LogP contribution in [0.25, 0.3) is 15.3 Å². The molecule has 5 rings (SSSR count). The standard InChI is InChI=1S/C24H27N5O3S3/c1-15-13-20(26-22(30)18-7-5-11-28(18)35(31,32)21-8-6-12-33-21)29(27-15)23-25-17-10-9-16(24(2,3)4)14-19(17)34-23/h6,8-10,12-14,18H,5,7,11H2,1-4H3,(H,26,30). The number of thiazole rings is 1. The fourth-order valence-corrected chi connectivity index (χ4v) is 7.98. The maximum Gasteiger partial charge on any atom is 0.253 e. The molecule has 35 heavy (non-hydrogen) atoms. The number of amides is 1. The molecule has 4 aromatic rings. The van der Waals surface area contributed by atoms with E-state index in [4.69, 9.17) is 4.98 Å². The molecule has 1 fully saturated rings. The van der Waals surface area contributed by atoms with Gasteiger partial charge in [-0.2, -0.15) is 14.1 Å². The van der Waals surface area contributed by atoms with Gasteiger partial charge in [0.1, 0.15) is 16.1 Å². The summed E-state index contributed by atoms with van der Waals surface area (Å²) in [7, 11) is -3.71. The van der Waals surface area contributed by atoms with Crippen LogP contribution in [-0.2, 0) is 20.2 Å². The van der Waals surface area contributed by atoms with Crippen LogP contribution in [0, 0.1) is 6.92 Å². The molecule has 1 amide bonds. The third-order valence-corrected chi connectivity index (χ3v) is 10.3. The first-order valence-electron chi connectivity index (χ1n) is 11.4. The molecule has 0 saturated carbocycles. The molecule has 3 aromatic heterocycles. The first-order chi connectivity index (χ1) is 16.5. The lowest BCUT2D eigenvalue weighted by Crippen LogP contribution is -2.43. The van der Waals surface area contributed by atoms with E-state index < -0.39 is 16.1 Å². The molecule has 0 bridgehead atoms. The number of sulfonamides is 1. The van der Waals surface area contributed by atoms with Crippen LogP contribution in [0.3, 0.4) is 0 Å². The van der Waals surface area contributed by atoms with Gasteiger partial charge in [0.05, 0.1) is 15.9 Å². The van der Waals surface area contributed by atoms with E-state index in [1.165, 1.54) is 21.2 Å². The number of fused-ring (bicyclic) bond motifs is 1. The average molecular weight is 530 g/mol. The summed E-state index contributed by atoms with van der Waals surface area (Å²) in [4.78, 5) is 18.0. The van der Waals surface area contributed by atoms with Crippen molar-refractivity contribution in [3.05, 3.63) is 53.0 Å². The fourth-order valence-electron chi connectivity index (χ4n) is 4.23. The van der Waals surface area contributed by atoms with Crippen LogP contribution in [0.15, 0.2) is 46.0 Å². The predicted molar refractivity (Wildman–Crippen MR) is 140 cm³/mol. The van der Waals surface area contributed by atoms with Crippen molar-refractivity contribution >= 4 is 54.6 Å². The quantitative estimate of drug-likeness (QED) is 0.395. The maximum absolute atomic E-state index is 13.3. The number of hydrogen-bond donors (Lipinski definition) is 1. The number of nitrogens with one attached hydrogen (secondary N) is 1. The summed E-state index contributed by atoms with van der Waals surface area (Å²) in [5.74, 6) is 0.114. The Bertz CT molecular complexity index is 1500. The summed E-state index contributed by atoms with van der Waals surface area (Å²) in [6.07, 6.45) is 1.11. The lowest BCUT2D eigenvalue weighted by molar-refractivity contribution is -0.119. The minimum absolute atomic E-state index is 0.0242. The van der Waals surface area contributed by atoms with Gasteiger partial charge in [0.15, 0.2) is 0 Å². The largest absolute Gasteiger partial charge is 0.309 e. The lowest BCUT2D eigenvalue weighted by Gasteiger charge is -2.22. The Morgan fingerprint density at radius 2 is 2.00 bits per heavy atom. The van der Waals surface area contributed by atoms with E-state index in [-0.39, 0.29) is 15.5 Å². The van der Waals surface area contributed by atoms with Crippen molar-refractivity contribution < 1.29 is 13.2 Å². The van der Waals surface area contributed by atoms with Crippen LogP contribution in [0.5, 0.6) is 0 Å².